The van der Waals surface area contributed by atoms with Crippen molar-refractivity contribution in [2.75, 3.05) is 6.61 Å². The molecular weight excluding hydrogens is 288 g/mol. The Morgan fingerprint density at radius 3 is 2.52 bits per heavy atom. The molecule has 0 bridgehead atoms. The Balaban J connectivity index is 2.18. The summed E-state index contributed by atoms with van der Waals surface area (Å²) in [6.45, 7) is 12.2. The molecule has 0 N–H and O–H groups in total. The van der Waals surface area contributed by atoms with Crippen LogP contribution >= 0.6 is 0 Å². The normalized spacial score (nSPS) is 11.1. The molecule has 2 rings (SSSR count). The molecule has 0 aliphatic heterocycles. The Kier molecular flexibility index (Phi) is 5.24. The number of hydrogen-bond acceptors (Lipinski definition) is 3. The lowest BCUT2D eigenvalue weighted by atomic mass is 10.0. The zero-order valence-electron chi connectivity index (χ0n) is 14.9. The van der Waals surface area contributed by atoms with E-state index in [0.29, 0.717) is 5.92 Å². The van der Waals surface area contributed by atoms with E-state index in [1.165, 1.54) is 4.68 Å². The van der Waals surface area contributed by atoms with E-state index in [0.717, 1.165) is 40.2 Å². The molecule has 23 heavy (non-hydrogen) atoms. The molecule has 0 aliphatic carbocycles. The summed E-state index contributed by atoms with van der Waals surface area (Å²) in [5, 5.41) is 4.36. The Bertz CT molecular complexity index is 714. The summed E-state index contributed by atoms with van der Waals surface area (Å²) in [7, 11) is 0. The Hall–Kier alpha value is -2.10. The number of ether oxygens (including phenoxy) is 1. The molecule has 0 saturated carbocycles. The number of hydrogen-bond donors (Lipinski definition) is 0. The lowest BCUT2D eigenvalue weighted by molar-refractivity contribution is 0.0817. The van der Waals surface area contributed by atoms with Crippen molar-refractivity contribution < 1.29 is 9.53 Å². The van der Waals surface area contributed by atoms with Crippen LogP contribution in [0.1, 0.15) is 59.6 Å². The summed E-state index contributed by atoms with van der Waals surface area (Å²) in [5.74, 6) is 0.994. The number of carbonyl (C=O) groups is 1. The Labute approximate surface area is 138 Å². The van der Waals surface area contributed by atoms with Crippen molar-refractivity contribution in [1.29, 1.82) is 0 Å². The molecule has 2 aromatic rings. The molecule has 0 fully saturated rings. The SMILES string of the molecule is CCc1c(C)nn(C(=O)COc2cc(C)ccc2C(C)C)c1C. The average molecular weight is 314 g/mol. The maximum atomic E-state index is 12.5. The van der Waals surface area contributed by atoms with Crippen LogP contribution in [0.2, 0.25) is 0 Å². The van der Waals surface area contributed by atoms with Crippen LogP contribution in [0.5, 0.6) is 5.75 Å². The van der Waals surface area contributed by atoms with E-state index in [4.69, 9.17) is 4.74 Å². The van der Waals surface area contributed by atoms with Gasteiger partial charge in [-0.2, -0.15) is 5.10 Å². The second kappa shape index (κ2) is 6.99. The maximum Gasteiger partial charge on any atom is 0.284 e. The van der Waals surface area contributed by atoms with E-state index in [2.05, 4.69) is 38.0 Å². The van der Waals surface area contributed by atoms with Crippen LogP contribution < -0.4 is 4.74 Å². The summed E-state index contributed by atoms with van der Waals surface area (Å²) in [6, 6.07) is 6.12. The molecule has 124 valence electrons. The van der Waals surface area contributed by atoms with Gasteiger partial charge in [-0.25, -0.2) is 4.68 Å². The fourth-order valence-corrected chi connectivity index (χ4v) is 2.87. The van der Waals surface area contributed by atoms with E-state index >= 15 is 0 Å². The van der Waals surface area contributed by atoms with Crippen molar-refractivity contribution in [1.82, 2.24) is 9.78 Å². The lowest BCUT2D eigenvalue weighted by Crippen LogP contribution is -2.22. The molecule has 0 amide bonds. The van der Waals surface area contributed by atoms with Crippen LogP contribution in [-0.2, 0) is 6.42 Å². The molecule has 0 aliphatic rings. The van der Waals surface area contributed by atoms with E-state index in [-0.39, 0.29) is 12.5 Å². The molecule has 1 aromatic heterocycles. The second-order valence-corrected chi connectivity index (χ2v) is 6.29. The van der Waals surface area contributed by atoms with E-state index in [1.54, 1.807) is 0 Å². The van der Waals surface area contributed by atoms with Crippen LogP contribution in [0, 0.1) is 20.8 Å². The smallest absolute Gasteiger partial charge is 0.284 e. The Morgan fingerprint density at radius 2 is 1.96 bits per heavy atom. The van der Waals surface area contributed by atoms with Gasteiger partial charge in [0.1, 0.15) is 5.75 Å². The summed E-state index contributed by atoms with van der Waals surface area (Å²) in [5.41, 5.74) is 5.20. The average Bonchev–Trinajstić information content (AvgIpc) is 2.78. The highest BCUT2D eigenvalue weighted by Gasteiger charge is 2.17. The number of aromatic nitrogens is 2. The van der Waals surface area contributed by atoms with Crippen molar-refractivity contribution >= 4 is 5.91 Å². The second-order valence-electron chi connectivity index (χ2n) is 6.29. The molecule has 4 nitrogen and oxygen atoms in total. The zero-order chi connectivity index (χ0) is 17.1. The van der Waals surface area contributed by atoms with Gasteiger partial charge < -0.3 is 4.74 Å². The minimum atomic E-state index is -0.137. The highest BCUT2D eigenvalue weighted by atomic mass is 16.5. The van der Waals surface area contributed by atoms with Crippen LogP contribution in [0.3, 0.4) is 0 Å². The fraction of sp³-hybridized carbons (Fsp3) is 0.474. The van der Waals surface area contributed by atoms with E-state index < -0.39 is 0 Å². The third-order valence-corrected chi connectivity index (χ3v) is 4.17. The van der Waals surface area contributed by atoms with Crippen molar-refractivity contribution in [3.8, 4) is 5.75 Å². The van der Waals surface area contributed by atoms with Gasteiger partial charge in [0.05, 0.1) is 5.69 Å². The quantitative estimate of drug-likeness (QED) is 0.830. The number of aryl methyl sites for hydroxylation is 2. The third-order valence-electron chi connectivity index (χ3n) is 4.17. The zero-order valence-corrected chi connectivity index (χ0v) is 14.9. The number of nitrogens with zero attached hydrogens (tertiary/aromatic N) is 2. The van der Waals surface area contributed by atoms with Gasteiger partial charge in [0.15, 0.2) is 6.61 Å². The van der Waals surface area contributed by atoms with Crippen LogP contribution in [-0.4, -0.2) is 22.3 Å². The monoisotopic (exact) mass is 314 g/mol. The third kappa shape index (κ3) is 3.63. The van der Waals surface area contributed by atoms with Gasteiger partial charge in [0, 0.05) is 5.69 Å². The van der Waals surface area contributed by atoms with E-state index in [1.807, 2.05) is 26.8 Å². The van der Waals surface area contributed by atoms with E-state index in [9.17, 15) is 4.79 Å². The molecular formula is C19H26N2O2. The first-order chi connectivity index (χ1) is 10.8. The van der Waals surface area contributed by atoms with Gasteiger partial charge >= 0.3 is 0 Å². The predicted molar refractivity (Wildman–Crippen MR) is 92.5 cm³/mol. The van der Waals surface area contributed by atoms with Gasteiger partial charge in [-0.15, -0.1) is 0 Å². The number of rotatable bonds is 5. The lowest BCUT2D eigenvalue weighted by Gasteiger charge is -2.14. The molecule has 0 unspecified atom stereocenters. The van der Waals surface area contributed by atoms with Crippen molar-refractivity contribution in [2.24, 2.45) is 0 Å². The Morgan fingerprint density at radius 1 is 1.26 bits per heavy atom. The molecule has 1 heterocycles. The first-order valence-electron chi connectivity index (χ1n) is 8.16. The van der Waals surface area contributed by atoms with Gasteiger partial charge in [-0.1, -0.05) is 32.9 Å². The number of carbonyl (C=O) groups excluding carboxylic acids is 1. The van der Waals surface area contributed by atoms with Crippen LogP contribution in [0.15, 0.2) is 18.2 Å². The first-order valence-corrected chi connectivity index (χ1v) is 8.16. The minimum Gasteiger partial charge on any atom is -0.483 e. The topological polar surface area (TPSA) is 44.1 Å². The highest BCUT2D eigenvalue weighted by Crippen LogP contribution is 2.27. The van der Waals surface area contributed by atoms with Gasteiger partial charge in [-0.3, -0.25) is 4.79 Å². The van der Waals surface area contributed by atoms with Gasteiger partial charge in [0.2, 0.25) is 0 Å². The van der Waals surface area contributed by atoms with Crippen molar-refractivity contribution in [3.63, 3.8) is 0 Å². The van der Waals surface area contributed by atoms with Crippen molar-refractivity contribution in [2.45, 2.75) is 53.9 Å². The highest BCUT2D eigenvalue weighted by molar-refractivity contribution is 5.80. The number of benzene rings is 1. The molecule has 1 aromatic carbocycles. The molecule has 0 radical (unpaired) electrons. The van der Waals surface area contributed by atoms with Crippen LogP contribution in [0.25, 0.3) is 0 Å². The summed E-state index contributed by atoms with van der Waals surface area (Å²) >= 11 is 0. The summed E-state index contributed by atoms with van der Waals surface area (Å²) in [6.07, 6.45) is 0.876. The first kappa shape index (κ1) is 17.3. The van der Waals surface area contributed by atoms with Crippen molar-refractivity contribution in [3.05, 3.63) is 46.3 Å². The summed E-state index contributed by atoms with van der Waals surface area (Å²) in [4.78, 5) is 12.5. The minimum absolute atomic E-state index is 0.00567. The summed E-state index contributed by atoms with van der Waals surface area (Å²) < 4.78 is 7.29. The standard InChI is InChI=1S/C19H26N2O2/c1-7-16-14(5)20-21(15(16)6)19(22)11-23-18-10-13(4)8-9-17(18)12(2)3/h8-10,12H,7,11H2,1-6H3. The fourth-order valence-electron chi connectivity index (χ4n) is 2.87. The van der Waals surface area contributed by atoms with Gasteiger partial charge in [0.25, 0.3) is 5.91 Å². The molecule has 0 saturated heterocycles. The predicted octanol–water partition coefficient (Wildman–Crippen LogP) is 4.21. The molecule has 0 atom stereocenters. The largest absolute Gasteiger partial charge is 0.483 e. The molecule has 4 heteroatoms. The van der Waals surface area contributed by atoms with Gasteiger partial charge in [-0.05, 0) is 55.9 Å². The molecule has 0 spiro atoms. The maximum absolute atomic E-state index is 12.5. The van der Waals surface area contributed by atoms with Crippen LogP contribution in [0.4, 0.5) is 0 Å².